The van der Waals surface area contributed by atoms with E-state index >= 15 is 0 Å². The number of hydrogen-bond donors (Lipinski definition) is 2. The van der Waals surface area contributed by atoms with Crippen molar-refractivity contribution in [3.8, 4) is 11.3 Å². The molecule has 4 aromatic rings. The Bertz CT molecular complexity index is 1230. The Morgan fingerprint density at radius 2 is 1.96 bits per heavy atom. The van der Waals surface area contributed by atoms with Gasteiger partial charge in [-0.3, -0.25) is 5.10 Å². The average Bonchev–Trinajstić information content (AvgIpc) is 3.31. The smallest absolute Gasteiger partial charge is 0.243 e. The second-order valence-corrected chi connectivity index (χ2v) is 8.55. The van der Waals surface area contributed by atoms with E-state index in [4.69, 9.17) is 0 Å². The van der Waals surface area contributed by atoms with Crippen LogP contribution in [-0.4, -0.2) is 27.4 Å². The van der Waals surface area contributed by atoms with Crippen LogP contribution in [0, 0.1) is 13.8 Å². The highest BCUT2D eigenvalue weighted by Gasteiger charge is 2.20. The molecule has 2 heterocycles. The summed E-state index contributed by atoms with van der Waals surface area (Å²) in [6.07, 6.45) is 1.64. The summed E-state index contributed by atoms with van der Waals surface area (Å²) in [6, 6.07) is 11.0. The van der Waals surface area contributed by atoms with Crippen LogP contribution in [0.5, 0.6) is 0 Å². The topological polar surface area (TPSA) is 101 Å². The van der Waals surface area contributed by atoms with E-state index in [-0.39, 0.29) is 11.4 Å². The van der Waals surface area contributed by atoms with Gasteiger partial charge < -0.3 is 0 Å². The van der Waals surface area contributed by atoms with Gasteiger partial charge in [0.2, 0.25) is 10.0 Å². The molecule has 0 aliphatic rings. The van der Waals surface area contributed by atoms with Crippen molar-refractivity contribution in [2.75, 3.05) is 0 Å². The molecule has 0 aliphatic carbocycles. The molecule has 0 unspecified atom stereocenters. The van der Waals surface area contributed by atoms with Crippen molar-refractivity contribution in [2.45, 2.75) is 25.3 Å². The third-order valence-corrected chi connectivity index (χ3v) is 6.48. The van der Waals surface area contributed by atoms with Crippen molar-refractivity contribution in [1.29, 1.82) is 0 Å². The summed E-state index contributed by atoms with van der Waals surface area (Å²) in [5, 5.41) is 7.05. The van der Waals surface area contributed by atoms with E-state index in [1.165, 1.54) is 11.6 Å². The molecule has 2 aromatic heterocycles. The highest BCUT2D eigenvalue weighted by atomic mass is 32.2. The number of sulfonamides is 1. The average molecular weight is 400 g/mol. The molecule has 0 spiro atoms. The van der Waals surface area contributed by atoms with Crippen LogP contribution in [-0.2, 0) is 16.6 Å². The molecule has 0 bridgehead atoms. The predicted molar refractivity (Wildman–Crippen MR) is 105 cm³/mol. The molecule has 0 radical (unpaired) electrons. The molecule has 7 nitrogen and oxygen atoms in total. The first kappa shape index (κ1) is 17.8. The van der Waals surface area contributed by atoms with Crippen molar-refractivity contribution >= 4 is 32.8 Å². The molecule has 138 valence electrons. The normalized spacial score (nSPS) is 11.9. The van der Waals surface area contributed by atoms with E-state index in [0.29, 0.717) is 11.0 Å². The first-order chi connectivity index (χ1) is 13.0. The third-order valence-electron chi connectivity index (χ3n) is 4.50. The number of aromatic nitrogens is 4. The lowest BCUT2D eigenvalue weighted by atomic mass is 10.0. The summed E-state index contributed by atoms with van der Waals surface area (Å²) >= 11 is 0.994. The summed E-state index contributed by atoms with van der Waals surface area (Å²) in [4.78, 5) is 0.130. The number of nitrogens with zero attached hydrogens (tertiary/aromatic N) is 3. The standard InChI is InChI=1S/C18H17N5O2S2/c1-11-6-7-13(8-12(11)2)17-14(9-19-21-17)10-20-27(24,25)16-5-3-4-15-18(16)23-26-22-15/h3-9,20H,10H2,1-2H3,(H,19,21). The monoisotopic (exact) mass is 399 g/mol. The molecule has 27 heavy (non-hydrogen) atoms. The van der Waals surface area contributed by atoms with Crippen LogP contribution in [0.3, 0.4) is 0 Å². The number of aryl methyl sites for hydroxylation is 2. The van der Waals surface area contributed by atoms with Gasteiger partial charge in [0.15, 0.2) is 0 Å². The molecule has 0 saturated heterocycles. The first-order valence-corrected chi connectivity index (χ1v) is 10.5. The predicted octanol–water partition coefficient (Wildman–Crippen LogP) is 3.18. The zero-order valence-corrected chi connectivity index (χ0v) is 16.4. The van der Waals surface area contributed by atoms with Gasteiger partial charge in [-0.05, 0) is 43.2 Å². The third kappa shape index (κ3) is 3.36. The Morgan fingerprint density at radius 3 is 2.78 bits per heavy atom. The van der Waals surface area contributed by atoms with E-state index in [9.17, 15) is 8.42 Å². The molecule has 0 amide bonds. The second kappa shape index (κ2) is 6.84. The van der Waals surface area contributed by atoms with Crippen LogP contribution < -0.4 is 4.72 Å². The minimum absolute atomic E-state index is 0.120. The van der Waals surface area contributed by atoms with Crippen molar-refractivity contribution < 1.29 is 8.42 Å². The summed E-state index contributed by atoms with van der Waals surface area (Å²) in [6.45, 7) is 4.21. The molecule has 2 aromatic carbocycles. The van der Waals surface area contributed by atoms with Gasteiger partial charge in [0.05, 0.1) is 23.6 Å². The summed E-state index contributed by atoms with van der Waals surface area (Å²) in [5.74, 6) is 0. The fourth-order valence-corrected chi connectivity index (χ4v) is 4.61. The Kier molecular flexibility index (Phi) is 4.50. The maximum absolute atomic E-state index is 12.8. The number of fused-ring (bicyclic) bond motifs is 1. The fourth-order valence-electron chi connectivity index (χ4n) is 2.84. The van der Waals surface area contributed by atoms with Crippen LogP contribution in [0.4, 0.5) is 0 Å². The molecule has 2 N–H and O–H groups in total. The number of rotatable bonds is 5. The molecular weight excluding hydrogens is 382 g/mol. The van der Waals surface area contributed by atoms with Crippen molar-refractivity contribution in [2.24, 2.45) is 0 Å². The zero-order valence-electron chi connectivity index (χ0n) is 14.7. The van der Waals surface area contributed by atoms with Gasteiger partial charge in [0.25, 0.3) is 0 Å². The van der Waals surface area contributed by atoms with E-state index in [2.05, 4.69) is 36.7 Å². The second-order valence-electron chi connectivity index (χ2n) is 6.28. The Hall–Kier alpha value is -2.62. The van der Waals surface area contributed by atoms with Gasteiger partial charge in [0, 0.05) is 17.7 Å². The highest BCUT2D eigenvalue weighted by molar-refractivity contribution is 7.89. The van der Waals surface area contributed by atoms with E-state index in [0.717, 1.165) is 34.1 Å². The number of H-pyrrole nitrogens is 1. The zero-order chi connectivity index (χ0) is 19.0. The molecule has 0 saturated carbocycles. The lowest BCUT2D eigenvalue weighted by Crippen LogP contribution is -2.23. The van der Waals surface area contributed by atoms with Crippen LogP contribution in [0.1, 0.15) is 16.7 Å². The molecule has 0 atom stereocenters. The van der Waals surface area contributed by atoms with E-state index in [1.54, 1.807) is 18.3 Å². The van der Waals surface area contributed by atoms with Crippen LogP contribution in [0.15, 0.2) is 47.5 Å². The fraction of sp³-hybridized carbons (Fsp3) is 0.167. The van der Waals surface area contributed by atoms with Crippen LogP contribution in [0.25, 0.3) is 22.3 Å². The maximum Gasteiger partial charge on any atom is 0.243 e. The van der Waals surface area contributed by atoms with E-state index < -0.39 is 10.0 Å². The largest absolute Gasteiger partial charge is 0.278 e. The maximum atomic E-state index is 12.8. The van der Waals surface area contributed by atoms with Crippen LogP contribution >= 0.6 is 11.7 Å². The number of nitrogens with one attached hydrogen (secondary N) is 2. The lowest BCUT2D eigenvalue weighted by Gasteiger charge is -2.09. The summed E-state index contributed by atoms with van der Waals surface area (Å²) in [7, 11) is -3.73. The minimum atomic E-state index is -3.73. The van der Waals surface area contributed by atoms with Gasteiger partial charge in [-0.15, -0.1) is 0 Å². The molecule has 4 rings (SSSR count). The van der Waals surface area contributed by atoms with Gasteiger partial charge in [-0.25, -0.2) is 13.1 Å². The SMILES string of the molecule is Cc1ccc(-c2[nH]ncc2CNS(=O)(=O)c2cccc3nsnc23)cc1C. The molecule has 0 aliphatic heterocycles. The van der Waals surface area contributed by atoms with Crippen LogP contribution in [0.2, 0.25) is 0 Å². The van der Waals surface area contributed by atoms with Crippen molar-refractivity contribution in [1.82, 2.24) is 23.7 Å². The number of benzene rings is 2. The minimum Gasteiger partial charge on any atom is -0.278 e. The highest BCUT2D eigenvalue weighted by Crippen LogP contribution is 2.25. The number of aromatic amines is 1. The Balaban J connectivity index is 1.62. The molecule has 9 heteroatoms. The molecule has 0 fully saturated rings. The van der Waals surface area contributed by atoms with Gasteiger partial charge in [0.1, 0.15) is 15.9 Å². The summed E-state index contributed by atoms with van der Waals surface area (Å²) < 4.78 is 36.4. The van der Waals surface area contributed by atoms with E-state index in [1.807, 2.05) is 19.1 Å². The van der Waals surface area contributed by atoms with Crippen molar-refractivity contribution in [3.63, 3.8) is 0 Å². The lowest BCUT2D eigenvalue weighted by molar-refractivity contribution is 0.582. The molecular formula is C18H17N5O2S2. The van der Waals surface area contributed by atoms with Gasteiger partial charge >= 0.3 is 0 Å². The van der Waals surface area contributed by atoms with Crippen molar-refractivity contribution in [3.05, 3.63) is 59.3 Å². The Morgan fingerprint density at radius 1 is 1.11 bits per heavy atom. The first-order valence-electron chi connectivity index (χ1n) is 8.26. The van der Waals surface area contributed by atoms with Gasteiger partial charge in [-0.2, -0.15) is 13.8 Å². The summed E-state index contributed by atoms with van der Waals surface area (Å²) in [5.41, 5.74) is 5.86. The van der Waals surface area contributed by atoms with Gasteiger partial charge in [-0.1, -0.05) is 18.2 Å². The number of hydrogen-bond acceptors (Lipinski definition) is 6. The quantitative estimate of drug-likeness (QED) is 0.537. The Labute approximate surface area is 160 Å².